The number of carbonyl (C=O) groups is 1. The van der Waals surface area contributed by atoms with Crippen LogP contribution in [0.2, 0.25) is 10.0 Å². The number of anilines is 2. The highest BCUT2D eigenvalue weighted by molar-refractivity contribution is 6.43. The quantitative estimate of drug-likeness (QED) is 0.843. The summed E-state index contributed by atoms with van der Waals surface area (Å²) < 4.78 is 0. The maximum atomic E-state index is 12.0. The van der Waals surface area contributed by atoms with Gasteiger partial charge in [-0.25, -0.2) is 0 Å². The minimum atomic E-state index is -0.151. The van der Waals surface area contributed by atoms with Gasteiger partial charge in [0.15, 0.2) is 0 Å². The zero-order chi connectivity index (χ0) is 16.1. The molecule has 22 heavy (non-hydrogen) atoms. The lowest BCUT2D eigenvalue weighted by Gasteiger charge is -2.11. The highest BCUT2D eigenvalue weighted by atomic mass is 35.5. The SMILES string of the molecule is CC(C)CNC(=O)c1cncc(Nc2cccc(Cl)c2Cl)c1. The van der Waals surface area contributed by atoms with Crippen molar-refractivity contribution in [2.45, 2.75) is 13.8 Å². The van der Waals surface area contributed by atoms with Gasteiger partial charge in [0.05, 0.1) is 33.2 Å². The minimum Gasteiger partial charge on any atom is -0.353 e. The fraction of sp³-hybridized carbons (Fsp3) is 0.250. The summed E-state index contributed by atoms with van der Waals surface area (Å²) in [5, 5.41) is 6.86. The number of pyridine rings is 1. The number of rotatable bonds is 5. The van der Waals surface area contributed by atoms with Crippen LogP contribution >= 0.6 is 23.2 Å². The van der Waals surface area contributed by atoms with Crippen LogP contribution in [0, 0.1) is 5.92 Å². The number of aromatic nitrogens is 1. The van der Waals surface area contributed by atoms with E-state index < -0.39 is 0 Å². The molecule has 1 aromatic carbocycles. The summed E-state index contributed by atoms with van der Waals surface area (Å²) in [6, 6.07) is 7.03. The standard InChI is InChI=1S/C16H17Cl2N3O/c1-10(2)7-20-16(22)11-6-12(9-19-8-11)21-14-5-3-4-13(17)15(14)18/h3-6,8-10,21H,7H2,1-2H3,(H,20,22). The van der Waals surface area contributed by atoms with Crippen molar-refractivity contribution in [1.82, 2.24) is 10.3 Å². The van der Waals surface area contributed by atoms with Crippen LogP contribution in [0.1, 0.15) is 24.2 Å². The van der Waals surface area contributed by atoms with E-state index in [0.717, 1.165) is 0 Å². The maximum Gasteiger partial charge on any atom is 0.252 e. The van der Waals surface area contributed by atoms with Crippen molar-refractivity contribution in [2.24, 2.45) is 5.92 Å². The highest BCUT2D eigenvalue weighted by Crippen LogP contribution is 2.31. The molecule has 0 radical (unpaired) electrons. The Kier molecular flexibility index (Phi) is 5.63. The molecular weight excluding hydrogens is 321 g/mol. The van der Waals surface area contributed by atoms with E-state index in [-0.39, 0.29) is 5.91 Å². The number of nitrogens with one attached hydrogen (secondary N) is 2. The van der Waals surface area contributed by atoms with Gasteiger partial charge in [-0.3, -0.25) is 9.78 Å². The average Bonchev–Trinajstić information content (AvgIpc) is 2.50. The molecule has 0 atom stereocenters. The largest absolute Gasteiger partial charge is 0.353 e. The molecule has 0 saturated carbocycles. The third-order valence-electron chi connectivity index (χ3n) is 2.90. The molecule has 2 aromatic rings. The summed E-state index contributed by atoms with van der Waals surface area (Å²) in [6.45, 7) is 4.70. The van der Waals surface area contributed by atoms with E-state index in [1.54, 1.807) is 30.5 Å². The van der Waals surface area contributed by atoms with E-state index in [2.05, 4.69) is 15.6 Å². The number of benzene rings is 1. The summed E-state index contributed by atoms with van der Waals surface area (Å²) in [4.78, 5) is 16.1. The molecule has 1 heterocycles. The maximum absolute atomic E-state index is 12.0. The number of amides is 1. The predicted molar refractivity (Wildman–Crippen MR) is 91.2 cm³/mol. The average molecular weight is 338 g/mol. The summed E-state index contributed by atoms with van der Waals surface area (Å²) in [7, 11) is 0. The number of hydrogen-bond donors (Lipinski definition) is 2. The first-order valence-corrected chi connectivity index (χ1v) is 7.67. The van der Waals surface area contributed by atoms with Gasteiger partial charge in [0.2, 0.25) is 0 Å². The third-order valence-corrected chi connectivity index (χ3v) is 3.72. The van der Waals surface area contributed by atoms with Gasteiger partial charge in [-0.05, 0) is 24.1 Å². The summed E-state index contributed by atoms with van der Waals surface area (Å²) in [5.41, 5.74) is 1.82. The van der Waals surface area contributed by atoms with Crippen molar-refractivity contribution >= 4 is 40.5 Å². The molecular formula is C16H17Cl2N3O. The van der Waals surface area contributed by atoms with Crippen LogP contribution in [0.15, 0.2) is 36.7 Å². The van der Waals surface area contributed by atoms with Crippen molar-refractivity contribution in [3.05, 3.63) is 52.3 Å². The summed E-state index contributed by atoms with van der Waals surface area (Å²) in [6.07, 6.45) is 3.15. The Balaban J connectivity index is 2.15. The Morgan fingerprint density at radius 2 is 2.05 bits per heavy atom. The molecule has 0 saturated heterocycles. The molecule has 116 valence electrons. The summed E-state index contributed by atoms with van der Waals surface area (Å²) >= 11 is 12.1. The number of carbonyl (C=O) groups excluding carboxylic acids is 1. The number of hydrogen-bond acceptors (Lipinski definition) is 3. The van der Waals surface area contributed by atoms with Crippen LogP contribution in [0.3, 0.4) is 0 Å². The first-order chi connectivity index (χ1) is 10.5. The molecule has 0 unspecified atom stereocenters. The second-order valence-electron chi connectivity index (χ2n) is 5.29. The van der Waals surface area contributed by atoms with Crippen LogP contribution < -0.4 is 10.6 Å². The van der Waals surface area contributed by atoms with Gasteiger partial charge in [-0.15, -0.1) is 0 Å². The van der Waals surface area contributed by atoms with Crippen LogP contribution in [-0.2, 0) is 0 Å². The van der Waals surface area contributed by atoms with Crippen molar-refractivity contribution in [3.63, 3.8) is 0 Å². The predicted octanol–water partition coefficient (Wildman–Crippen LogP) is 4.52. The van der Waals surface area contributed by atoms with Gasteiger partial charge in [0.25, 0.3) is 5.91 Å². The molecule has 0 aliphatic heterocycles. The Morgan fingerprint density at radius 1 is 1.27 bits per heavy atom. The van der Waals surface area contributed by atoms with Crippen LogP contribution in [-0.4, -0.2) is 17.4 Å². The Bertz CT molecular complexity index is 674. The topological polar surface area (TPSA) is 54.0 Å². The van der Waals surface area contributed by atoms with E-state index in [9.17, 15) is 4.79 Å². The Hall–Kier alpha value is -1.78. The van der Waals surface area contributed by atoms with Gasteiger partial charge in [0, 0.05) is 12.7 Å². The number of nitrogens with zero attached hydrogens (tertiary/aromatic N) is 1. The second kappa shape index (κ2) is 7.47. The molecule has 1 amide bonds. The second-order valence-corrected chi connectivity index (χ2v) is 6.08. The monoisotopic (exact) mass is 337 g/mol. The van der Waals surface area contributed by atoms with Gasteiger partial charge in [-0.1, -0.05) is 43.1 Å². The first-order valence-electron chi connectivity index (χ1n) is 6.91. The Labute approximate surface area is 139 Å². The molecule has 4 nitrogen and oxygen atoms in total. The zero-order valence-electron chi connectivity index (χ0n) is 12.4. The van der Waals surface area contributed by atoms with Gasteiger partial charge in [-0.2, -0.15) is 0 Å². The van der Waals surface area contributed by atoms with Crippen LogP contribution in [0.4, 0.5) is 11.4 Å². The highest BCUT2D eigenvalue weighted by Gasteiger charge is 2.09. The Morgan fingerprint density at radius 3 is 2.77 bits per heavy atom. The lowest BCUT2D eigenvalue weighted by Crippen LogP contribution is -2.27. The first kappa shape index (κ1) is 16.6. The van der Waals surface area contributed by atoms with E-state index in [1.165, 1.54) is 6.20 Å². The van der Waals surface area contributed by atoms with E-state index in [1.807, 2.05) is 13.8 Å². The molecule has 0 aliphatic carbocycles. The molecule has 1 aromatic heterocycles. The third kappa shape index (κ3) is 4.36. The van der Waals surface area contributed by atoms with Crippen molar-refractivity contribution in [2.75, 3.05) is 11.9 Å². The smallest absolute Gasteiger partial charge is 0.252 e. The normalized spacial score (nSPS) is 10.6. The van der Waals surface area contributed by atoms with E-state index in [4.69, 9.17) is 23.2 Å². The van der Waals surface area contributed by atoms with E-state index >= 15 is 0 Å². The van der Waals surface area contributed by atoms with E-state index in [0.29, 0.717) is 39.4 Å². The van der Waals surface area contributed by atoms with Crippen LogP contribution in [0.5, 0.6) is 0 Å². The lowest BCUT2D eigenvalue weighted by molar-refractivity contribution is 0.0948. The minimum absolute atomic E-state index is 0.151. The molecule has 0 fully saturated rings. The molecule has 2 rings (SSSR count). The fourth-order valence-electron chi connectivity index (χ4n) is 1.79. The molecule has 0 spiro atoms. The molecule has 0 bridgehead atoms. The summed E-state index contributed by atoms with van der Waals surface area (Å²) in [5.74, 6) is 0.241. The lowest BCUT2D eigenvalue weighted by atomic mass is 10.2. The van der Waals surface area contributed by atoms with Gasteiger partial charge in [0.1, 0.15) is 0 Å². The van der Waals surface area contributed by atoms with Crippen LogP contribution in [0.25, 0.3) is 0 Å². The molecule has 2 N–H and O–H groups in total. The van der Waals surface area contributed by atoms with Crippen molar-refractivity contribution in [1.29, 1.82) is 0 Å². The zero-order valence-corrected chi connectivity index (χ0v) is 13.9. The molecule has 0 aliphatic rings. The van der Waals surface area contributed by atoms with Gasteiger partial charge >= 0.3 is 0 Å². The molecule has 6 heteroatoms. The van der Waals surface area contributed by atoms with Crippen molar-refractivity contribution < 1.29 is 4.79 Å². The number of halogens is 2. The van der Waals surface area contributed by atoms with Crippen molar-refractivity contribution in [3.8, 4) is 0 Å². The van der Waals surface area contributed by atoms with Gasteiger partial charge < -0.3 is 10.6 Å². The fourth-order valence-corrected chi connectivity index (χ4v) is 2.13.